The van der Waals surface area contributed by atoms with Crippen LogP contribution in [0.2, 0.25) is 0 Å². The average Bonchev–Trinajstić information content (AvgIpc) is 3.48. The first-order valence-electron chi connectivity index (χ1n) is 10.2. The zero-order chi connectivity index (χ0) is 23.2. The van der Waals surface area contributed by atoms with Gasteiger partial charge in [0.15, 0.2) is 12.4 Å². The van der Waals surface area contributed by atoms with Gasteiger partial charge in [0.25, 0.3) is 5.91 Å². The number of esters is 1. The van der Waals surface area contributed by atoms with Crippen LogP contribution < -0.4 is 10.1 Å². The van der Waals surface area contributed by atoms with Crippen LogP contribution in [0, 0.1) is 5.82 Å². The summed E-state index contributed by atoms with van der Waals surface area (Å²) in [7, 11) is 0. The van der Waals surface area contributed by atoms with Crippen molar-refractivity contribution in [2.75, 3.05) is 18.5 Å². The fraction of sp³-hybridized carbons (Fsp3) is 0.125. The van der Waals surface area contributed by atoms with E-state index < -0.39 is 11.9 Å². The molecule has 0 aliphatic rings. The quantitative estimate of drug-likeness (QED) is 0.412. The molecule has 0 bridgehead atoms. The van der Waals surface area contributed by atoms with E-state index in [1.54, 1.807) is 65.0 Å². The molecule has 1 N–H and O–H groups in total. The van der Waals surface area contributed by atoms with Crippen LogP contribution in [0.25, 0.3) is 11.5 Å². The number of hydrogen-bond acceptors (Lipinski definition) is 5. The molecule has 2 aromatic heterocycles. The van der Waals surface area contributed by atoms with Crippen molar-refractivity contribution >= 4 is 17.6 Å². The lowest BCUT2D eigenvalue weighted by atomic mass is 10.2. The lowest BCUT2D eigenvalue weighted by molar-refractivity contribution is -0.145. The van der Waals surface area contributed by atoms with Gasteiger partial charge in [0.05, 0.1) is 18.5 Å². The van der Waals surface area contributed by atoms with Crippen LogP contribution in [0.4, 0.5) is 10.1 Å². The topological polar surface area (TPSA) is 87.4 Å². The molecule has 0 atom stereocenters. The van der Waals surface area contributed by atoms with Crippen LogP contribution in [-0.4, -0.2) is 39.4 Å². The third-order valence-corrected chi connectivity index (χ3v) is 4.66. The smallest absolute Gasteiger partial charge is 0.344 e. The number of nitrogens with one attached hydrogen (secondary N) is 1. The van der Waals surface area contributed by atoms with E-state index in [1.807, 2.05) is 12.1 Å². The monoisotopic (exact) mass is 448 g/mol. The van der Waals surface area contributed by atoms with E-state index in [0.29, 0.717) is 28.5 Å². The summed E-state index contributed by atoms with van der Waals surface area (Å²) in [6.45, 7) is 1.76. The third-order valence-electron chi connectivity index (χ3n) is 4.66. The molecule has 0 saturated carbocycles. The summed E-state index contributed by atoms with van der Waals surface area (Å²) in [6.07, 6.45) is 5.03. The zero-order valence-corrected chi connectivity index (χ0v) is 17.8. The Labute approximate surface area is 189 Å². The summed E-state index contributed by atoms with van der Waals surface area (Å²) in [5.74, 6) is -0.324. The highest BCUT2D eigenvalue weighted by Crippen LogP contribution is 2.23. The number of rotatable bonds is 8. The number of amides is 1. The molecule has 168 valence electrons. The van der Waals surface area contributed by atoms with Crippen LogP contribution in [-0.2, 0) is 9.53 Å². The van der Waals surface area contributed by atoms with Gasteiger partial charge in [-0.2, -0.15) is 5.10 Å². The zero-order valence-electron chi connectivity index (χ0n) is 17.8. The number of carbonyl (C=O) groups excluding carboxylic acids is 2. The van der Waals surface area contributed by atoms with Gasteiger partial charge in [-0.25, -0.2) is 13.9 Å². The van der Waals surface area contributed by atoms with E-state index in [9.17, 15) is 14.0 Å². The van der Waals surface area contributed by atoms with Gasteiger partial charge in [0.1, 0.15) is 17.1 Å². The predicted octanol–water partition coefficient (Wildman–Crippen LogP) is 4.00. The first-order chi connectivity index (χ1) is 16.0. The Morgan fingerprint density at radius 2 is 1.82 bits per heavy atom. The summed E-state index contributed by atoms with van der Waals surface area (Å²) in [5.41, 5.74) is 1.40. The maximum Gasteiger partial charge on any atom is 0.344 e. The minimum Gasteiger partial charge on any atom is -0.482 e. The SMILES string of the molecule is CCOC(=O)COc1cccc(NC(=O)c2cnn(-c3ccc(F)cc3)c2-n2cccc2)c1. The van der Waals surface area contributed by atoms with Gasteiger partial charge < -0.3 is 19.4 Å². The predicted molar refractivity (Wildman–Crippen MR) is 119 cm³/mol. The number of benzene rings is 2. The van der Waals surface area contributed by atoms with Gasteiger partial charge in [-0.05, 0) is 55.5 Å². The van der Waals surface area contributed by atoms with E-state index >= 15 is 0 Å². The van der Waals surface area contributed by atoms with Crippen molar-refractivity contribution in [1.82, 2.24) is 14.3 Å². The number of anilines is 1. The largest absolute Gasteiger partial charge is 0.482 e. The molecule has 0 aliphatic carbocycles. The highest BCUT2D eigenvalue weighted by molar-refractivity contribution is 6.06. The van der Waals surface area contributed by atoms with E-state index in [2.05, 4.69) is 10.4 Å². The minimum atomic E-state index is -0.475. The van der Waals surface area contributed by atoms with Crippen LogP contribution >= 0.6 is 0 Å². The molecule has 1 amide bonds. The standard InChI is InChI=1S/C24H21FN4O4/c1-2-32-22(30)16-33-20-7-5-6-18(14-20)27-23(31)21-15-26-29(19-10-8-17(25)9-11-19)24(21)28-12-3-4-13-28/h3-15H,2,16H2,1H3,(H,27,31). The van der Waals surface area contributed by atoms with Crippen LogP contribution in [0.3, 0.4) is 0 Å². The maximum atomic E-state index is 13.4. The normalized spacial score (nSPS) is 10.6. The molecule has 9 heteroatoms. The number of halogens is 1. The molecule has 2 aromatic carbocycles. The van der Waals surface area contributed by atoms with E-state index in [4.69, 9.17) is 9.47 Å². The Hall–Kier alpha value is -4.40. The van der Waals surface area contributed by atoms with Gasteiger partial charge >= 0.3 is 5.97 Å². The number of aromatic nitrogens is 3. The first kappa shape index (κ1) is 21.8. The van der Waals surface area contributed by atoms with Gasteiger partial charge in [0.2, 0.25) is 0 Å². The fourth-order valence-corrected chi connectivity index (χ4v) is 3.20. The lowest BCUT2D eigenvalue weighted by Gasteiger charge is -2.12. The van der Waals surface area contributed by atoms with Gasteiger partial charge in [-0.3, -0.25) is 4.79 Å². The molecule has 0 fully saturated rings. The van der Waals surface area contributed by atoms with Crippen molar-refractivity contribution in [3.63, 3.8) is 0 Å². The van der Waals surface area contributed by atoms with E-state index in [1.165, 1.54) is 18.3 Å². The Morgan fingerprint density at radius 3 is 2.55 bits per heavy atom. The second kappa shape index (κ2) is 9.82. The molecule has 4 aromatic rings. The van der Waals surface area contributed by atoms with Crippen LogP contribution in [0.15, 0.2) is 79.3 Å². The number of hydrogen-bond donors (Lipinski definition) is 1. The number of carbonyl (C=O) groups is 2. The van der Waals surface area contributed by atoms with Crippen LogP contribution in [0.5, 0.6) is 5.75 Å². The number of nitrogens with zero attached hydrogens (tertiary/aromatic N) is 3. The van der Waals surface area contributed by atoms with Crippen molar-refractivity contribution < 1.29 is 23.5 Å². The molecule has 0 radical (unpaired) electrons. The first-order valence-corrected chi connectivity index (χ1v) is 10.2. The van der Waals surface area contributed by atoms with Crippen LogP contribution in [0.1, 0.15) is 17.3 Å². The molecular weight excluding hydrogens is 427 g/mol. The maximum absolute atomic E-state index is 13.4. The average molecular weight is 448 g/mol. The van der Waals surface area contributed by atoms with Gasteiger partial charge in [-0.15, -0.1) is 0 Å². The highest BCUT2D eigenvalue weighted by Gasteiger charge is 2.20. The summed E-state index contributed by atoms with van der Waals surface area (Å²) < 4.78 is 27.0. The molecule has 4 rings (SSSR count). The van der Waals surface area contributed by atoms with Crippen molar-refractivity contribution in [2.45, 2.75) is 6.92 Å². The lowest BCUT2D eigenvalue weighted by Crippen LogP contribution is -2.16. The molecular formula is C24H21FN4O4. The Morgan fingerprint density at radius 1 is 1.06 bits per heavy atom. The fourth-order valence-electron chi connectivity index (χ4n) is 3.20. The molecule has 0 unspecified atom stereocenters. The molecule has 0 aliphatic heterocycles. The number of ether oxygens (including phenoxy) is 2. The highest BCUT2D eigenvalue weighted by atomic mass is 19.1. The Balaban J connectivity index is 1.58. The summed E-state index contributed by atoms with van der Waals surface area (Å²) in [4.78, 5) is 24.6. The summed E-state index contributed by atoms with van der Waals surface area (Å²) in [5, 5.41) is 7.18. The molecule has 0 saturated heterocycles. The van der Waals surface area contributed by atoms with Crippen molar-refractivity contribution in [2.24, 2.45) is 0 Å². The van der Waals surface area contributed by atoms with Crippen molar-refractivity contribution in [3.05, 3.63) is 90.6 Å². The molecule has 8 nitrogen and oxygen atoms in total. The van der Waals surface area contributed by atoms with E-state index in [-0.39, 0.29) is 19.0 Å². The van der Waals surface area contributed by atoms with E-state index in [0.717, 1.165) is 0 Å². The van der Waals surface area contributed by atoms with Gasteiger partial charge in [-0.1, -0.05) is 6.07 Å². The second-order valence-corrected chi connectivity index (χ2v) is 6.94. The summed E-state index contributed by atoms with van der Waals surface area (Å²) in [6, 6.07) is 16.2. The minimum absolute atomic E-state index is 0.229. The van der Waals surface area contributed by atoms with Crippen molar-refractivity contribution in [3.8, 4) is 17.3 Å². The second-order valence-electron chi connectivity index (χ2n) is 6.94. The molecule has 2 heterocycles. The third kappa shape index (κ3) is 5.09. The molecule has 33 heavy (non-hydrogen) atoms. The Kier molecular flexibility index (Phi) is 6.49. The van der Waals surface area contributed by atoms with Crippen molar-refractivity contribution in [1.29, 1.82) is 0 Å². The molecule has 0 spiro atoms. The summed E-state index contributed by atoms with van der Waals surface area (Å²) >= 11 is 0. The Bertz CT molecular complexity index is 1250. The van der Waals surface area contributed by atoms with Gasteiger partial charge in [0, 0.05) is 24.1 Å².